The molecule has 0 atom stereocenters. The van der Waals surface area contributed by atoms with E-state index in [0.29, 0.717) is 24.2 Å². The number of imide groups is 1. The maximum Gasteiger partial charge on any atom is 0.262 e. The highest BCUT2D eigenvalue weighted by atomic mass is 16.2. The van der Waals surface area contributed by atoms with Gasteiger partial charge in [0.2, 0.25) is 5.91 Å². The Morgan fingerprint density at radius 1 is 0.964 bits per heavy atom. The van der Waals surface area contributed by atoms with E-state index in [0.717, 1.165) is 24.5 Å². The normalized spacial score (nSPS) is 17.2. The molecule has 1 N–H and O–H groups in total. The van der Waals surface area contributed by atoms with Crippen LogP contribution in [-0.4, -0.2) is 60.2 Å². The van der Waals surface area contributed by atoms with Crippen LogP contribution in [0.1, 0.15) is 31.8 Å². The van der Waals surface area contributed by atoms with Crippen LogP contribution in [0.2, 0.25) is 0 Å². The van der Waals surface area contributed by atoms with Crippen LogP contribution in [-0.2, 0) is 11.3 Å². The number of aryl methyl sites for hydroxylation is 1. The van der Waals surface area contributed by atoms with Gasteiger partial charge >= 0.3 is 0 Å². The topological polar surface area (TPSA) is 62.1 Å². The highest BCUT2D eigenvalue weighted by molar-refractivity contribution is 6.22. The van der Waals surface area contributed by atoms with Crippen LogP contribution >= 0.6 is 0 Å². The van der Waals surface area contributed by atoms with E-state index >= 15 is 0 Å². The Hall–Kier alpha value is -2.99. The lowest BCUT2D eigenvalue weighted by Gasteiger charge is -2.33. The minimum atomic E-state index is -0.377. The van der Waals surface area contributed by atoms with Crippen molar-refractivity contribution in [3.63, 3.8) is 0 Å². The van der Waals surface area contributed by atoms with Gasteiger partial charge in [0.25, 0.3) is 11.8 Å². The third-order valence-electron chi connectivity index (χ3n) is 5.53. The average molecular weight is 378 g/mol. The molecule has 2 aromatic rings. The SMILES string of the molecule is Cc1cccc(C[NH+]2CCN(C(=O)CN3C(=O)c4ccccc4C3=O)CC2)c1. The lowest BCUT2D eigenvalue weighted by molar-refractivity contribution is -0.917. The minimum absolute atomic E-state index is 0.163. The lowest BCUT2D eigenvalue weighted by atomic mass is 10.1. The molecular formula is C22H24N3O3+. The van der Waals surface area contributed by atoms with Crippen LogP contribution in [0.25, 0.3) is 0 Å². The smallest absolute Gasteiger partial charge is 0.262 e. The second-order valence-electron chi connectivity index (χ2n) is 7.54. The molecule has 144 valence electrons. The van der Waals surface area contributed by atoms with Crippen LogP contribution in [0, 0.1) is 6.92 Å². The zero-order chi connectivity index (χ0) is 19.7. The molecule has 0 radical (unpaired) electrons. The van der Waals surface area contributed by atoms with Crippen LogP contribution in [0.15, 0.2) is 48.5 Å². The molecule has 0 aromatic heterocycles. The number of nitrogens with zero attached hydrogens (tertiary/aromatic N) is 2. The first-order valence-electron chi connectivity index (χ1n) is 9.65. The van der Waals surface area contributed by atoms with E-state index in [1.807, 2.05) is 0 Å². The zero-order valence-electron chi connectivity index (χ0n) is 16.0. The van der Waals surface area contributed by atoms with Crippen molar-refractivity contribution >= 4 is 17.7 Å². The number of fused-ring (bicyclic) bond motifs is 1. The van der Waals surface area contributed by atoms with E-state index in [1.165, 1.54) is 16.0 Å². The van der Waals surface area contributed by atoms with Gasteiger partial charge in [0, 0.05) is 5.56 Å². The molecule has 0 spiro atoms. The van der Waals surface area contributed by atoms with Gasteiger partial charge in [-0.2, -0.15) is 0 Å². The molecule has 2 heterocycles. The van der Waals surface area contributed by atoms with Gasteiger partial charge in [-0.25, -0.2) is 0 Å². The van der Waals surface area contributed by atoms with Gasteiger partial charge in [0.1, 0.15) is 13.1 Å². The Kier molecular flexibility index (Phi) is 4.96. The van der Waals surface area contributed by atoms with Gasteiger partial charge in [-0.15, -0.1) is 0 Å². The maximum absolute atomic E-state index is 12.7. The van der Waals surface area contributed by atoms with Crippen molar-refractivity contribution < 1.29 is 19.3 Å². The number of amides is 3. The van der Waals surface area contributed by atoms with Crippen molar-refractivity contribution in [1.82, 2.24) is 9.80 Å². The second-order valence-corrected chi connectivity index (χ2v) is 7.54. The predicted octanol–water partition coefficient (Wildman–Crippen LogP) is 0.518. The number of carbonyl (C=O) groups excluding carboxylic acids is 3. The molecule has 2 aliphatic heterocycles. The minimum Gasteiger partial charge on any atom is -0.330 e. The summed E-state index contributed by atoms with van der Waals surface area (Å²) < 4.78 is 0. The molecule has 2 aromatic carbocycles. The highest BCUT2D eigenvalue weighted by Crippen LogP contribution is 2.22. The number of carbonyl (C=O) groups is 3. The van der Waals surface area contributed by atoms with Gasteiger partial charge in [0.15, 0.2) is 0 Å². The van der Waals surface area contributed by atoms with E-state index in [2.05, 4.69) is 31.2 Å². The van der Waals surface area contributed by atoms with Gasteiger partial charge < -0.3 is 9.80 Å². The van der Waals surface area contributed by atoms with Crippen molar-refractivity contribution in [3.8, 4) is 0 Å². The van der Waals surface area contributed by atoms with E-state index in [9.17, 15) is 14.4 Å². The second kappa shape index (κ2) is 7.56. The molecule has 6 nitrogen and oxygen atoms in total. The maximum atomic E-state index is 12.7. The number of rotatable bonds is 4. The Bertz CT molecular complexity index is 897. The molecular weight excluding hydrogens is 354 g/mol. The largest absolute Gasteiger partial charge is 0.330 e. The Morgan fingerprint density at radius 2 is 1.61 bits per heavy atom. The summed E-state index contributed by atoms with van der Waals surface area (Å²) in [5, 5.41) is 0. The third kappa shape index (κ3) is 3.55. The first-order valence-corrected chi connectivity index (χ1v) is 9.65. The molecule has 0 bridgehead atoms. The van der Waals surface area contributed by atoms with Crippen molar-refractivity contribution in [2.75, 3.05) is 32.7 Å². The van der Waals surface area contributed by atoms with E-state index in [1.54, 1.807) is 29.2 Å². The van der Waals surface area contributed by atoms with Gasteiger partial charge in [0.05, 0.1) is 37.3 Å². The van der Waals surface area contributed by atoms with Crippen molar-refractivity contribution in [2.24, 2.45) is 0 Å². The van der Waals surface area contributed by atoms with Crippen molar-refractivity contribution in [1.29, 1.82) is 0 Å². The summed E-state index contributed by atoms with van der Waals surface area (Å²) in [6.07, 6.45) is 0. The number of nitrogens with one attached hydrogen (secondary N) is 1. The third-order valence-corrected chi connectivity index (χ3v) is 5.53. The Balaban J connectivity index is 1.32. The quantitative estimate of drug-likeness (QED) is 0.789. The van der Waals surface area contributed by atoms with Crippen molar-refractivity contribution in [3.05, 3.63) is 70.8 Å². The summed E-state index contributed by atoms with van der Waals surface area (Å²) in [6, 6.07) is 15.2. The summed E-state index contributed by atoms with van der Waals surface area (Å²) >= 11 is 0. The molecule has 1 fully saturated rings. The Labute approximate surface area is 164 Å². The number of hydrogen-bond donors (Lipinski definition) is 1. The lowest BCUT2D eigenvalue weighted by Crippen LogP contribution is -3.13. The molecule has 0 saturated carbocycles. The fraction of sp³-hybridized carbons (Fsp3) is 0.318. The number of piperazine rings is 1. The van der Waals surface area contributed by atoms with E-state index in [4.69, 9.17) is 0 Å². The molecule has 4 rings (SSSR count). The summed E-state index contributed by atoms with van der Waals surface area (Å²) in [6.45, 7) is 5.87. The molecule has 1 saturated heterocycles. The predicted molar refractivity (Wildman–Crippen MR) is 104 cm³/mol. The van der Waals surface area contributed by atoms with Crippen LogP contribution in [0.3, 0.4) is 0 Å². The summed E-state index contributed by atoms with van der Waals surface area (Å²) in [5.41, 5.74) is 3.33. The molecule has 3 amide bonds. The van der Waals surface area contributed by atoms with Gasteiger partial charge in [-0.3, -0.25) is 19.3 Å². The summed E-state index contributed by atoms with van der Waals surface area (Å²) in [5.74, 6) is -0.917. The van der Waals surface area contributed by atoms with E-state index in [-0.39, 0.29) is 24.3 Å². The standard InChI is InChI=1S/C22H23N3O3/c1-16-5-4-6-17(13-16)14-23-9-11-24(12-10-23)20(26)15-25-21(27)18-7-2-3-8-19(18)22(25)28/h2-8,13H,9-12,14-15H2,1H3/p+1. The fourth-order valence-electron chi connectivity index (χ4n) is 3.98. The molecule has 0 unspecified atom stereocenters. The highest BCUT2D eigenvalue weighted by Gasteiger charge is 2.37. The van der Waals surface area contributed by atoms with Gasteiger partial charge in [-0.1, -0.05) is 42.0 Å². The van der Waals surface area contributed by atoms with Crippen LogP contribution in [0.5, 0.6) is 0 Å². The van der Waals surface area contributed by atoms with E-state index < -0.39 is 0 Å². The Morgan fingerprint density at radius 3 is 2.21 bits per heavy atom. The van der Waals surface area contributed by atoms with Crippen LogP contribution < -0.4 is 4.90 Å². The summed E-state index contributed by atoms with van der Waals surface area (Å²) in [7, 11) is 0. The first-order chi connectivity index (χ1) is 13.5. The van der Waals surface area contributed by atoms with Gasteiger partial charge in [-0.05, 0) is 19.1 Å². The molecule has 28 heavy (non-hydrogen) atoms. The number of benzene rings is 2. The zero-order valence-corrected chi connectivity index (χ0v) is 16.0. The fourth-order valence-corrected chi connectivity index (χ4v) is 3.98. The molecule has 0 aliphatic carbocycles. The first kappa shape index (κ1) is 18.4. The molecule has 2 aliphatic rings. The molecule has 6 heteroatoms. The summed E-state index contributed by atoms with van der Waals surface area (Å²) in [4.78, 5) is 41.8. The number of hydrogen-bond acceptors (Lipinski definition) is 3. The monoisotopic (exact) mass is 378 g/mol. The average Bonchev–Trinajstić information content (AvgIpc) is 2.94. The number of quaternary nitrogens is 1. The van der Waals surface area contributed by atoms with Crippen LogP contribution in [0.4, 0.5) is 0 Å². The van der Waals surface area contributed by atoms with Crippen molar-refractivity contribution in [2.45, 2.75) is 13.5 Å².